The third kappa shape index (κ3) is 5.24. The second kappa shape index (κ2) is 11.6. The molecule has 5 heterocycles. The Labute approximate surface area is 264 Å². The van der Waals surface area contributed by atoms with E-state index in [1.165, 1.54) is 23.3 Å². The molecular formula is C34H41N5O5S. The summed E-state index contributed by atoms with van der Waals surface area (Å²) in [6.45, 7) is 5.55. The zero-order valence-corrected chi connectivity index (χ0v) is 27.1. The summed E-state index contributed by atoms with van der Waals surface area (Å²) in [7, 11) is -0.901. The van der Waals surface area contributed by atoms with Crippen molar-refractivity contribution in [2.75, 3.05) is 53.4 Å². The highest BCUT2D eigenvalue weighted by Crippen LogP contribution is 2.48. The predicted molar refractivity (Wildman–Crippen MR) is 174 cm³/mol. The van der Waals surface area contributed by atoms with E-state index in [0.717, 1.165) is 70.3 Å². The Morgan fingerprint density at radius 1 is 0.889 bits per heavy atom. The minimum Gasteiger partial charge on any atom is -0.497 e. The zero-order chi connectivity index (χ0) is 31.5. The van der Waals surface area contributed by atoms with Crippen LogP contribution in [0.25, 0.3) is 27.7 Å². The van der Waals surface area contributed by atoms with Crippen molar-refractivity contribution < 1.29 is 22.7 Å². The standard InChI is InChI=1S/C34H41N5O5S/c1-22-28-20-25(44-3)10-12-26(28)32-31(23-7-5-4-6-8-23)27-11-9-24-19-30(27)39(32)21-29(22)34(41)38-17-15-37(16-18-38)14-13-36(2)45(42,43)35-33(24)40/h9-12,19-20,23H,4-8,13-18,21H2,1-3H3,(H,35,40). The quantitative estimate of drug-likeness (QED) is 0.455. The third-order valence-electron chi connectivity index (χ3n) is 10.3. The molecule has 8 rings (SSSR count). The highest BCUT2D eigenvalue weighted by atomic mass is 32.2. The van der Waals surface area contributed by atoms with Crippen molar-refractivity contribution in [2.45, 2.75) is 51.5 Å². The Morgan fingerprint density at radius 2 is 1.62 bits per heavy atom. The SMILES string of the molecule is COc1ccc2c(c1)C(C)=C1Cn3c-2c(C2CCCCC2)c2ccc(cc23)C(=O)NS(=O)(=O)N(C)CCN2CCN(CC2)C1=O. The van der Waals surface area contributed by atoms with E-state index in [-0.39, 0.29) is 18.0 Å². The number of nitrogens with one attached hydrogen (secondary N) is 1. The molecule has 1 aromatic heterocycles. The summed E-state index contributed by atoms with van der Waals surface area (Å²) in [5.41, 5.74) is 7.11. The van der Waals surface area contributed by atoms with Crippen molar-refractivity contribution in [2.24, 2.45) is 0 Å². The number of hydrogen-bond donors (Lipinski definition) is 1. The van der Waals surface area contributed by atoms with Gasteiger partial charge in [0.15, 0.2) is 0 Å². The average molecular weight is 632 g/mol. The van der Waals surface area contributed by atoms with E-state index < -0.39 is 16.1 Å². The van der Waals surface area contributed by atoms with Gasteiger partial charge in [0.05, 0.1) is 19.3 Å². The number of amides is 2. The Hall–Kier alpha value is -3.67. The molecule has 0 unspecified atom stereocenters. The lowest BCUT2D eigenvalue weighted by Gasteiger charge is -2.36. The minimum absolute atomic E-state index is 0.0211. The Morgan fingerprint density at radius 3 is 2.36 bits per heavy atom. The molecule has 1 saturated carbocycles. The van der Waals surface area contributed by atoms with Crippen LogP contribution in [-0.2, 0) is 21.5 Å². The third-order valence-corrected chi connectivity index (χ3v) is 11.8. The highest BCUT2D eigenvalue weighted by molar-refractivity contribution is 7.87. The van der Waals surface area contributed by atoms with E-state index >= 15 is 0 Å². The molecular weight excluding hydrogens is 590 g/mol. The molecule has 238 valence electrons. The van der Waals surface area contributed by atoms with Gasteiger partial charge in [-0.05, 0) is 72.7 Å². The molecule has 1 aliphatic carbocycles. The zero-order valence-electron chi connectivity index (χ0n) is 26.3. The Kier molecular flexibility index (Phi) is 7.74. The fourth-order valence-electron chi connectivity index (χ4n) is 7.63. The Bertz CT molecular complexity index is 1830. The molecule has 0 radical (unpaired) electrons. The van der Waals surface area contributed by atoms with Crippen LogP contribution in [0.5, 0.6) is 5.75 Å². The van der Waals surface area contributed by atoms with Crippen LogP contribution in [0.1, 0.15) is 66.4 Å². The monoisotopic (exact) mass is 631 g/mol. The Balaban J connectivity index is 1.50. The van der Waals surface area contributed by atoms with Crippen molar-refractivity contribution in [1.29, 1.82) is 0 Å². The van der Waals surface area contributed by atoms with Gasteiger partial charge in [-0.3, -0.25) is 14.5 Å². The van der Waals surface area contributed by atoms with Gasteiger partial charge in [0.1, 0.15) is 5.75 Å². The number of aromatic nitrogens is 1. The first-order valence-corrected chi connectivity index (χ1v) is 17.4. The van der Waals surface area contributed by atoms with Crippen LogP contribution in [0, 0.1) is 0 Å². The number of rotatable bonds is 2. The maximum absolute atomic E-state index is 14.4. The lowest BCUT2D eigenvalue weighted by atomic mass is 9.81. The molecule has 11 heteroatoms. The van der Waals surface area contributed by atoms with Crippen LogP contribution in [0.15, 0.2) is 42.0 Å². The fourth-order valence-corrected chi connectivity index (χ4v) is 8.46. The van der Waals surface area contributed by atoms with E-state index in [2.05, 4.69) is 20.3 Å². The molecule has 0 atom stereocenters. The number of fused-ring (bicyclic) bond motifs is 9. The second-order valence-electron chi connectivity index (χ2n) is 12.8. The fraction of sp³-hybridized carbons (Fsp3) is 0.471. The number of carbonyl (C=O) groups excluding carboxylic acids is 2. The van der Waals surface area contributed by atoms with Crippen molar-refractivity contribution in [3.63, 3.8) is 0 Å². The van der Waals surface area contributed by atoms with Gasteiger partial charge < -0.3 is 14.2 Å². The van der Waals surface area contributed by atoms with Gasteiger partial charge in [0, 0.05) is 73.9 Å². The average Bonchev–Trinajstić information content (AvgIpc) is 3.31. The number of carbonyl (C=O) groups is 2. The number of benzene rings is 2. The van der Waals surface area contributed by atoms with Gasteiger partial charge in [0.2, 0.25) is 0 Å². The summed E-state index contributed by atoms with van der Waals surface area (Å²) < 4.78 is 37.7. The van der Waals surface area contributed by atoms with Crippen molar-refractivity contribution in [3.05, 3.63) is 58.7 Å². The number of nitrogens with zero attached hydrogens (tertiary/aromatic N) is 4. The number of ether oxygens (including phenoxy) is 1. The molecule has 3 aromatic rings. The van der Waals surface area contributed by atoms with E-state index in [4.69, 9.17) is 4.74 Å². The summed E-state index contributed by atoms with van der Waals surface area (Å²) in [5, 5.41) is 1.05. The number of hydrogen-bond acceptors (Lipinski definition) is 6. The largest absolute Gasteiger partial charge is 0.497 e. The first-order valence-electron chi connectivity index (χ1n) is 16.0. The molecule has 5 aliphatic rings. The van der Waals surface area contributed by atoms with Crippen LogP contribution in [-0.4, -0.2) is 92.3 Å². The molecule has 2 amide bonds. The van der Waals surface area contributed by atoms with Gasteiger partial charge in [0.25, 0.3) is 11.8 Å². The lowest BCUT2D eigenvalue weighted by Crippen LogP contribution is -2.51. The van der Waals surface area contributed by atoms with Gasteiger partial charge in [-0.25, -0.2) is 4.72 Å². The molecule has 2 aromatic carbocycles. The van der Waals surface area contributed by atoms with E-state index in [1.807, 2.05) is 30.0 Å². The van der Waals surface area contributed by atoms with Gasteiger partial charge in [-0.2, -0.15) is 12.7 Å². The van der Waals surface area contributed by atoms with Crippen LogP contribution in [0.2, 0.25) is 0 Å². The van der Waals surface area contributed by atoms with Crippen LogP contribution in [0.3, 0.4) is 0 Å². The van der Waals surface area contributed by atoms with Gasteiger partial charge in [-0.1, -0.05) is 25.3 Å². The lowest BCUT2D eigenvalue weighted by molar-refractivity contribution is -0.129. The smallest absolute Gasteiger partial charge is 0.303 e. The summed E-state index contributed by atoms with van der Waals surface area (Å²) in [6, 6.07) is 11.6. The van der Waals surface area contributed by atoms with Crippen LogP contribution < -0.4 is 9.46 Å². The number of methoxy groups -OCH3 is 1. The molecule has 1 N–H and O–H groups in total. The molecule has 2 fully saturated rings. The molecule has 4 aliphatic heterocycles. The minimum atomic E-state index is -4.05. The second-order valence-corrected chi connectivity index (χ2v) is 14.6. The number of piperazine rings is 1. The van der Waals surface area contributed by atoms with E-state index in [1.54, 1.807) is 19.2 Å². The number of allylic oxidation sites excluding steroid dienone is 1. The van der Waals surface area contributed by atoms with E-state index in [9.17, 15) is 18.0 Å². The van der Waals surface area contributed by atoms with Crippen molar-refractivity contribution in [1.82, 2.24) is 23.4 Å². The maximum atomic E-state index is 14.4. The summed E-state index contributed by atoms with van der Waals surface area (Å²) in [4.78, 5) is 32.0. The molecule has 0 spiro atoms. The van der Waals surface area contributed by atoms with Gasteiger partial charge >= 0.3 is 10.2 Å². The van der Waals surface area contributed by atoms with Crippen molar-refractivity contribution in [3.8, 4) is 17.0 Å². The predicted octanol–water partition coefficient (Wildman–Crippen LogP) is 4.22. The van der Waals surface area contributed by atoms with E-state index in [0.29, 0.717) is 45.2 Å². The van der Waals surface area contributed by atoms with Crippen LogP contribution in [0.4, 0.5) is 0 Å². The molecule has 1 saturated heterocycles. The normalized spacial score (nSPS) is 21.7. The number of likely N-dealkylation sites (N-methyl/N-ethyl adjacent to an activating group) is 1. The first kappa shape index (κ1) is 30.0. The van der Waals surface area contributed by atoms with Gasteiger partial charge in [-0.15, -0.1) is 0 Å². The topological polar surface area (TPSA) is 104 Å². The van der Waals surface area contributed by atoms with Crippen LogP contribution >= 0.6 is 0 Å². The summed E-state index contributed by atoms with van der Waals surface area (Å²) in [6.07, 6.45) is 5.69. The molecule has 45 heavy (non-hydrogen) atoms. The maximum Gasteiger partial charge on any atom is 0.303 e. The first-order chi connectivity index (χ1) is 21.7. The molecule has 6 bridgehead atoms. The summed E-state index contributed by atoms with van der Waals surface area (Å²) in [5.74, 6) is 0.422. The summed E-state index contributed by atoms with van der Waals surface area (Å²) >= 11 is 0. The molecule has 10 nitrogen and oxygen atoms in total. The van der Waals surface area contributed by atoms with Crippen molar-refractivity contribution >= 4 is 38.5 Å². The highest BCUT2D eigenvalue weighted by Gasteiger charge is 2.34.